The minimum Gasteiger partial charge on any atom is -0.488 e. The van der Waals surface area contributed by atoms with Gasteiger partial charge < -0.3 is 19.1 Å². The molecular formula is C21H25N3O3. The predicted molar refractivity (Wildman–Crippen MR) is 102 cm³/mol. The van der Waals surface area contributed by atoms with E-state index >= 15 is 0 Å². The molecule has 0 saturated carbocycles. The zero-order valence-corrected chi connectivity index (χ0v) is 15.3. The lowest BCUT2D eigenvalue weighted by Gasteiger charge is -2.34. The van der Waals surface area contributed by atoms with E-state index in [2.05, 4.69) is 32.8 Å². The van der Waals surface area contributed by atoms with E-state index in [-0.39, 0.29) is 12.7 Å². The fraction of sp³-hybridized carbons (Fsp3) is 0.476. The first-order valence-electron chi connectivity index (χ1n) is 9.74. The number of aliphatic hydroxyl groups is 1. The van der Waals surface area contributed by atoms with Crippen LogP contribution in [0.3, 0.4) is 0 Å². The zero-order chi connectivity index (χ0) is 18.2. The second-order valence-corrected chi connectivity index (χ2v) is 7.62. The quantitative estimate of drug-likeness (QED) is 0.898. The molecule has 2 saturated heterocycles. The van der Waals surface area contributed by atoms with Crippen LogP contribution in [0, 0.1) is 0 Å². The van der Waals surface area contributed by atoms with Crippen LogP contribution in [-0.4, -0.2) is 64.6 Å². The molecule has 1 aromatic heterocycles. The monoisotopic (exact) mass is 367 g/mol. The molecule has 27 heavy (non-hydrogen) atoms. The number of hydrogen-bond acceptors (Lipinski definition) is 5. The van der Waals surface area contributed by atoms with Crippen molar-refractivity contribution in [3.8, 4) is 5.75 Å². The summed E-state index contributed by atoms with van der Waals surface area (Å²) in [5, 5.41) is 9.18. The lowest BCUT2D eigenvalue weighted by atomic mass is 10.1. The van der Waals surface area contributed by atoms with E-state index < -0.39 is 0 Å². The van der Waals surface area contributed by atoms with Crippen molar-refractivity contribution < 1.29 is 14.6 Å². The minimum absolute atomic E-state index is 0.151. The molecular weight excluding hydrogens is 342 g/mol. The summed E-state index contributed by atoms with van der Waals surface area (Å²) in [6.07, 6.45) is 8.11. The standard InChI is InChI=1S/C21H25N3O3/c25-8-5-19-12-23-11-17(10-18(23)14-26-19)24-7-6-22-21(24)16-9-15-3-1-2-4-20(15)27-13-16/h1-4,6-7,9,17-19,25H,5,8,10-14H2/t17-,18-,19-/m0/s1. The maximum absolute atomic E-state index is 9.18. The first-order chi connectivity index (χ1) is 13.3. The highest BCUT2D eigenvalue weighted by atomic mass is 16.5. The number of aliphatic hydroxyl groups excluding tert-OH is 1. The van der Waals surface area contributed by atoms with Crippen molar-refractivity contribution in [3.05, 3.63) is 48.0 Å². The zero-order valence-electron chi connectivity index (χ0n) is 15.3. The van der Waals surface area contributed by atoms with Crippen LogP contribution in [0.2, 0.25) is 0 Å². The van der Waals surface area contributed by atoms with Crippen LogP contribution >= 0.6 is 0 Å². The Morgan fingerprint density at radius 3 is 3.04 bits per heavy atom. The molecule has 2 aromatic rings. The van der Waals surface area contributed by atoms with Crippen molar-refractivity contribution in [2.24, 2.45) is 0 Å². The molecule has 4 heterocycles. The third-order valence-corrected chi connectivity index (χ3v) is 5.90. The fourth-order valence-electron chi connectivity index (χ4n) is 4.54. The van der Waals surface area contributed by atoms with Gasteiger partial charge in [-0.3, -0.25) is 4.90 Å². The van der Waals surface area contributed by atoms with E-state index in [1.807, 2.05) is 24.4 Å². The van der Waals surface area contributed by atoms with Gasteiger partial charge in [-0.05, 0) is 25.0 Å². The minimum atomic E-state index is 0.151. The molecule has 0 unspecified atom stereocenters. The van der Waals surface area contributed by atoms with Gasteiger partial charge in [0.05, 0.1) is 12.7 Å². The van der Waals surface area contributed by atoms with Gasteiger partial charge in [-0.2, -0.15) is 0 Å². The predicted octanol–water partition coefficient (Wildman–Crippen LogP) is 2.21. The molecule has 6 heteroatoms. The molecule has 6 nitrogen and oxygen atoms in total. The highest BCUT2D eigenvalue weighted by molar-refractivity contribution is 5.83. The van der Waals surface area contributed by atoms with Gasteiger partial charge in [-0.25, -0.2) is 4.98 Å². The summed E-state index contributed by atoms with van der Waals surface area (Å²) in [6, 6.07) is 8.97. The van der Waals surface area contributed by atoms with E-state index in [1.54, 1.807) is 0 Å². The van der Waals surface area contributed by atoms with Gasteiger partial charge >= 0.3 is 0 Å². The average Bonchev–Trinajstić information content (AvgIpc) is 3.34. The maximum atomic E-state index is 9.18. The Balaban J connectivity index is 1.37. The Bertz CT molecular complexity index is 847. The molecule has 0 radical (unpaired) electrons. The average molecular weight is 367 g/mol. The summed E-state index contributed by atoms with van der Waals surface area (Å²) in [6.45, 7) is 3.41. The smallest absolute Gasteiger partial charge is 0.139 e. The van der Waals surface area contributed by atoms with Crippen molar-refractivity contribution in [1.82, 2.24) is 14.5 Å². The normalized spacial score (nSPS) is 27.6. The summed E-state index contributed by atoms with van der Waals surface area (Å²) >= 11 is 0. The number of ether oxygens (including phenoxy) is 2. The highest BCUT2D eigenvalue weighted by Crippen LogP contribution is 2.35. The summed E-state index contributed by atoms with van der Waals surface area (Å²) in [5.41, 5.74) is 2.23. The van der Waals surface area contributed by atoms with Crippen LogP contribution in [0.25, 0.3) is 11.6 Å². The lowest BCUT2D eigenvalue weighted by Crippen LogP contribution is -2.46. The van der Waals surface area contributed by atoms with Gasteiger partial charge in [-0.15, -0.1) is 0 Å². The van der Waals surface area contributed by atoms with E-state index in [0.717, 1.165) is 48.8 Å². The molecule has 1 aromatic carbocycles. The molecule has 1 N–H and O–H groups in total. The third kappa shape index (κ3) is 3.18. The van der Waals surface area contributed by atoms with Gasteiger partial charge in [0.25, 0.3) is 0 Å². The van der Waals surface area contributed by atoms with E-state index in [1.165, 1.54) is 0 Å². The van der Waals surface area contributed by atoms with Crippen molar-refractivity contribution in [2.45, 2.75) is 31.0 Å². The van der Waals surface area contributed by atoms with Crippen molar-refractivity contribution in [2.75, 3.05) is 32.9 Å². The van der Waals surface area contributed by atoms with Gasteiger partial charge in [0.2, 0.25) is 0 Å². The molecule has 3 atom stereocenters. The maximum Gasteiger partial charge on any atom is 0.139 e. The molecule has 2 fully saturated rings. The van der Waals surface area contributed by atoms with E-state index in [0.29, 0.717) is 25.1 Å². The van der Waals surface area contributed by atoms with Crippen LogP contribution in [0.1, 0.15) is 30.3 Å². The number of nitrogens with zero attached hydrogens (tertiary/aromatic N) is 3. The molecule has 142 valence electrons. The Morgan fingerprint density at radius 2 is 2.11 bits per heavy atom. The first kappa shape index (κ1) is 17.0. The van der Waals surface area contributed by atoms with Crippen LogP contribution < -0.4 is 4.74 Å². The molecule has 0 aliphatic carbocycles. The van der Waals surface area contributed by atoms with Crippen molar-refractivity contribution >= 4 is 11.6 Å². The lowest BCUT2D eigenvalue weighted by molar-refractivity contribution is -0.0567. The second-order valence-electron chi connectivity index (χ2n) is 7.62. The Labute approximate surface area is 159 Å². The number of imidazole rings is 1. The van der Waals surface area contributed by atoms with Gasteiger partial charge in [0.1, 0.15) is 18.2 Å². The molecule has 0 bridgehead atoms. The Kier molecular flexibility index (Phi) is 4.47. The molecule has 0 amide bonds. The molecule has 5 rings (SSSR count). The number of fused-ring (bicyclic) bond motifs is 2. The summed E-state index contributed by atoms with van der Waals surface area (Å²) < 4.78 is 14.2. The third-order valence-electron chi connectivity index (χ3n) is 5.90. The topological polar surface area (TPSA) is 59.8 Å². The van der Waals surface area contributed by atoms with E-state index in [9.17, 15) is 5.11 Å². The van der Waals surface area contributed by atoms with Crippen molar-refractivity contribution in [1.29, 1.82) is 0 Å². The number of rotatable bonds is 4. The number of hydrogen-bond donors (Lipinski definition) is 1. The summed E-state index contributed by atoms with van der Waals surface area (Å²) in [4.78, 5) is 7.16. The summed E-state index contributed by atoms with van der Waals surface area (Å²) in [5.74, 6) is 1.94. The largest absolute Gasteiger partial charge is 0.488 e. The SMILES string of the molecule is OCC[C@H]1CN2C[C@@H](n3ccnc3C3=Cc4ccccc4OC3)C[C@H]2CO1. The number of para-hydroxylation sites is 1. The Hall–Kier alpha value is -2.15. The fourth-order valence-corrected chi connectivity index (χ4v) is 4.54. The number of morpholine rings is 1. The first-order valence-corrected chi connectivity index (χ1v) is 9.74. The van der Waals surface area contributed by atoms with Gasteiger partial charge in [0, 0.05) is 55.3 Å². The molecule has 3 aliphatic heterocycles. The number of aromatic nitrogens is 2. The van der Waals surface area contributed by atoms with Crippen LogP contribution in [-0.2, 0) is 4.74 Å². The van der Waals surface area contributed by atoms with Crippen LogP contribution in [0.15, 0.2) is 36.7 Å². The summed E-state index contributed by atoms with van der Waals surface area (Å²) in [7, 11) is 0. The van der Waals surface area contributed by atoms with Crippen LogP contribution in [0.5, 0.6) is 5.75 Å². The Morgan fingerprint density at radius 1 is 1.19 bits per heavy atom. The second kappa shape index (κ2) is 7.11. The van der Waals surface area contributed by atoms with Gasteiger partial charge in [0.15, 0.2) is 0 Å². The van der Waals surface area contributed by atoms with Crippen LogP contribution in [0.4, 0.5) is 0 Å². The number of benzene rings is 1. The van der Waals surface area contributed by atoms with Gasteiger partial charge in [-0.1, -0.05) is 18.2 Å². The van der Waals surface area contributed by atoms with Crippen molar-refractivity contribution in [3.63, 3.8) is 0 Å². The molecule has 3 aliphatic rings. The molecule has 0 spiro atoms. The highest BCUT2D eigenvalue weighted by Gasteiger charge is 2.38. The van der Waals surface area contributed by atoms with E-state index in [4.69, 9.17) is 9.47 Å².